The average molecular weight is 179 g/mol. The topological polar surface area (TPSA) is 21.1 Å². The van der Waals surface area contributed by atoms with Gasteiger partial charge >= 0.3 is 0 Å². The van der Waals surface area contributed by atoms with E-state index in [1.54, 1.807) is 0 Å². The van der Waals surface area contributed by atoms with Crippen molar-refractivity contribution >= 4 is 0 Å². The molecule has 0 bridgehead atoms. The van der Waals surface area contributed by atoms with Crippen molar-refractivity contribution in [1.29, 1.82) is 0 Å². The van der Waals surface area contributed by atoms with E-state index >= 15 is 0 Å². The van der Waals surface area contributed by atoms with Crippen LogP contribution in [-0.4, -0.2) is 33.6 Å². The van der Waals surface area contributed by atoms with E-state index in [0.717, 1.165) is 26.1 Å². The van der Waals surface area contributed by atoms with E-state index in [-0.39, 0.29) is 0 Å². The van der Waals surface area contributed by atoms with E-state index in [1.165, 1.54) is 5.82 Å². The zero-order valence-electron chi connectivity index (χ0n) is 8.40. The summed E-state index contributed by atoms with van der Waals surface area (Å²) in [6.45, 7) is 7.91. The van der Waals surface area contributed by atoms with Crippen molar-refractivity contribution in [3.8, 4) is 0 Å². The lowest BCUT2D eigenvalue weighted by Gasteiger charge is -2.23. The minimum Gasteiger partial charge on any atom is -0.334 e. The van der Waals surface area contributed by atoms with Crippen LogP contribution in [0.4, 0.5) is 0 Å². The first kappa shape index (κ1) is 8.75. The highest BCUT2D eigenvalue weighted by Crippen LogP contribution is 2.08. The van der Waals surface area contributed by atoms with Gasteiger partial charge in [0.2, 0.25) is 0 Å². The summed E-state index contributed by atoms with van der Waals surface area (Å²) < 4.78 is 2.27. The zero-order valence-corrected chi connectivity index (χ0v) is 8.40. The summed E-state index contributed by atoms with van der Waals surface area (Å²) in [7, 11) is 0. The lowest BCUT2D eigenvalue weighted by atomic mass is 10.3. The van der Waals surface area contributed by atoms with Crippen LogP contribution in [0.3, 0.4) is 0 Å². The Morgan fingerprint density at radius 3 is 2.92 bits per heavy atom. The molecule has 0 aromatic carbocycles. The number of aromatic nitrogens is 2. The number of imidazole rings is 1. The second kappa shape index (κ2) is 3.50. The van der Waals surface area contributed by atoms with Crippen LogP contribution >= 0.6 is 0 Å². The van der Waals surface area contributed by atoms with Crippen molar-refractivity contribution in [3.05, 3.63) is 18.2 Å². The monoisotopic (exact) mass is 179 g/mol. The third kappa shape index (κ3) is 1.75. The molecule has 0 amide bonds. The Labute approximate surface area is 79.4 Å². The third-order valence-electron chi connectivity index (χ3n) is 2.78. The Morgan fingerprint density at radius 2 is 2.15 bits per heavy atom. The lowest BCUT2D eigenvalue weighted by molar-refractivity contribution is 0.227. The molecule has 1 aliphatic rings. The van der Waals surface area contributed by atoms with Crippen LogP contribution in [0.5, 0.6) is 0 Å². The van der Waals surface area contributed by atoms with Crippen LogP contribution in [0.25, 0.3) is 0 Å². The molecular formula is C10H17N3. The van der Waals surface area contributed by atoms with Gasteiger partial charge in [-0.3, -0.25) is 4.90 Å². The summed E-state index contributed by atoms with van der Waals surface area (Å²) >= 11 is 0. The summed E-state index contributed by atoms with van der Waals surface area (Å²) in [4.78, 5) is 6.86. The summed E-state index contributed by atoms with van der Waals surface area (Å²) in [5.74, 6) is 1.24. The van der Waals surface area contributed by atoms with Gasteiger partial charge in [-0.15, -0.1) is 0 Å². The van der Waals surface area contributed by atoms with Crippen molar-refractivity contribution in [2.75, 3.05) is 13.1 Å². The Balaban J connectivity index is 2.08. The standard InChI is InChI=1S/C10H17N3/c1-9(2)12-5-3-10-11-4-6-13(10)8-7-12/h4,6,9H,3,5,7-8H2,1-2H3. The zero-order chi connectivity index (χ0) is 9.26. The van der Waals surface area contributed by atoms with E-state index < -0.39 is 0 Å². The van der Waals surface area contributed by atoms with Gasteiger partial charge in [0.05, 0.1) is 0 Å². The highest BCUT2D eigenvalue weighted by molar-refractivity contribution is 4.95. The molecule has 2 heterocycles. The van der Waals surface area contributed by atoms with Gasteiger partial charge < -0.3 is 4.57 Å². The fraction of sp³-hybridized carbons (Fsp3) is 0.700. The second-order valence-corrected chi connectivity index (χ2v) is 3.92. The molecule has 2 rings (SSSR count). The maximum absolute atomic E-state index is 4.35. The molecule has 0 saturated heterocycles. The number of hydrogen-bond donors (Lipinski definition) is 0. The van der Waals surface area contributed by atoms with Crippen molar-refractivity contribution < 1.29 is 0 Å². The molecule has 0 spiro atoms. The molecule has 3 nitrogen and oxygen atoms in total. The van der Waals surface area contributed by atoms with E-state index in [9.17, 15) is 0 Å². The Hall–Kier alpha value is -0.830. The van der Waals surface area contributed by atoms with Crippen LogP contribution in [-0.2, 0) is 13.0 Å². The fourth-order valence-electron chi connectivity index (χ4n) is 1.88. The second-order valence-electron chi connectivity index (χ2n) is 3.92. The van der Waals surface area contributed by atoms with Gasteiger partial charge in [0.1, 0.15) is 5.82 Å². The van der Waals surface area contributed by atoms with E-state index in [4.69, 9.17) is 0 Å². The van der Waals surface area contributed by atoms with Crippen molar-refractivity contribution in [3.63, 3.8) is 0 Å². The van der Waals surface area contributed by atoms with Gasteiger partial charge in [0.25, 0.3) is 0 Å². The van der Waals surface area contributed by atoms with Gasteiger partial charge in [0.15, 0.2) is 0 Å². The Morgan fingerprint density at radius 1 is 1.31 bits per heavy atom. The summed E-state index contributed by atoms with van der Waals surface area (Å²) in [6.07, 6.45) is 5.07. The third-order valence-corrected chi connectivity index (χ3v) is 2.78. The van der Waals surface area contributed by atoms with Crippen LogP contribution < -0.4 is 0 Å². The molecule has 0 aliphatic carbocycles. The normalized spacial score (nSPS) is 18.7. The van der Waals surface area contributed by atoms with Gasteiger partial charge in [-0.05, 0) is 13.8 Å². The SMILES string of the molecule is CC(C)N1CCc2nccn2CC1. The maximum atomic E-state index is 4.35. The minimum atomic E-state index is 0.657. The summed E-state index contributed by atoms with van der Waals surface area (Å²) in [6, 6.07) is 0.657. The van der Waals surface area contributed by atoms with Crippen LogP contribution in [0.2, 0.25) is 0 Å². The van der Waals surface area contributed by atoms with E-state index in [1.807, 2.05) is 6.20 Å². The first-order chi connectivity index (χ1) is 6.27. The number of rotatable bonds is 1. The molecule has 0 radical (unpaired) electrons. The quantitative estimate of drug-likeness (QED) is 0.645. The summed E-state index contributed by atoms with van der Waals surface area (Å²) in [5, 5.41) is 0. The molecule has 0 saturated carbocycles. The highest BCUT2D eigenvalue weighted by atomic mass is 15.2. The molecule has 3 heteroatoms. The van der Waals surface area contributed by atoms with Crippen LogP contribution in [0.15, 0.2) is 12.4 Å². The predicted molar refractivity (Wildman–Crippen MR) is 52.6 cm³/mol. The van der Waals surface area contributed by atoms with Crippen LogP contribution in [0, 0.1) is 0 Å². The molecular weight excluding hydrogens is 162 g/mol. The Bertz CT molecular complexity index is 255. The molecule has 1 aromatic heterocycles. The van der Waals surface area contributed by atoms with Gasteiger partial charge in [0, 0.05) is 44.5 Å². The molecule has 72 valence electrons. The molecule has 0 atom stereocenters. The van der Waals surface area contributed by atoms with Gasteiger partial charge in [-0.2, -0.15) is 0 Å². The molecule has 1 aliphatic heterocycles. The Kier molecular flexibility index (Phi) is 2.36. The molecule has 0 fully saturated rings. The molecule has 0 N–H and O–H groups in total. The van der Waals surface area contributed by atoms with Crippen molar-refractivity contribution in [2.24, 2.45) is 0 Å². The van der Waals surface area contributed by atoms with Crippen molar-refractivity contribution in [2.45, 2.75) is 32.9 Å². The maximum Gasteiger partial charge on any atom is 0.109 e. The van der Waals surface area contributed by atoms with Crippen molar-refractivity contribution in [1.82, 2.24) is 14.5 Å². The predicted octanol–water partition coefficient (Wildman–Crippen LogP) is 1.15. The fourth-order valence-corrected chi connectivity index (χ4v) is 1.88. The summed E-state index contributed by atoms with van der Waals surface area (Å²) in [5.41, 5.74) is 0. The number of hydrogen-bond acceptors (Lipinski definition) is 2. The average Bonchev–Trinajstić information content (AvgIpc) is 2.44. The minimum absolute atomic E-state index is 0.657. The molecule has 1 aromatic rings. The van der Waals surface area contributed by atoms with Crippen LogP contribution in [0.1, 0.15) is 19.7 Å². The number of nitrogens with zero attached hydrogens (tertiary/aromatic N) is 3. The largest absolute Gasteiger partial charge is 0.334 e. The molecule has 0 unspecified atom stereocenters. The first-order valence-electron chi connectivity index (χ1n) is 5.01. The smallest absolute Gasteiger partial charge is 0.109 e. The van der Waals surface area contributed by atoms with Gasteiger partial charge in [-0.1, -0.05) is 0 Å². The van der Waals surface area contributed by atoms with Gasteiger partial charge in [-0.25, -0.2) is 4.98 Å². The van der Waals surface area contributed by atoms with E-state index in [0.29, 0.717) is 6.04 Å². The van der Waals surface area contributed by atoms with E-state index in [2.05, 4.69) is 34.5 Å². The highest BCUT2D eigenvalue weighted by Gasteiger charge is 2.15. The first-order valence-corrected chi connectivity index (χ1v) is 5.01. The number of fused-ring (bicyclic) bond motifs is 1. The molecule has 13 heavy (non-hydrogen) atoms. The lowest BCUT2D eigenvalue weighted by Crippen LogP contribution is -2.33.